The monoisotopic (exact) mass is 780 g/mol. The van der Waals surface area contributed by atoms with Crippen LogP contribution >= 0.6 is 0 Å². The van der Waals surface area contributed by atoms with Gasteiger partial charge in [0.2, 0.25) is 0 Å². The molecule has 0 fully saturated rings. The highest BCUT2D eigenvalue weighted by molar-refractivity contribution is 6.93. The maximum Gasteiger partial charge on any atom is 0.333 e. The fourth-order valence-electron chi connectivity index (χ4n) is 10.3. The molecule has 60 heavy (non-hydrogen) atoms. The van der Waals surface area contributed by atoms with Gasteiger partial charge in [-0.25, -0.2) is 0 Å². The molecule has 0 amide bonds. The fourth-order valence-corrected chi connectivity index (χ4v) is 10.3. The standard InChI is InChI=1S/C57H57BN2/c1-54(2,3)37-25-28-40(29-26-37)60-50-24-18-16-22-42(50)45-32-39(56(7,8)9)33-52-53(45)58(60)48-35-47-44(41-21-15-17-23-46(41)57(47,10)11)34-51(48)59(52)49-30-27-38(55(4,5)6)31-43(49)36-19-13-12-14-20-36/h12-35H,1-11H3. The van der Waals surface area contributed by atoms with Crippen LogP contribution in [0.3, 0.4) is 0 Å². The van der Waals surface area contributed by atoms with Gasteiger partial charge in [0.05, 0.1) is 5.69 Å². The van der Waals surface area contributed by atoms with Crippen LogP contribution in [0.2, 0.25) is 0 Å². The molecule has 0 saturated heterocycles. The summed E-state index contributed by atoms with van der Waals surface area (Å²) in [5.74, 6) is 0. The first-order valence-electron chi connectivity index (χ1n) is 21.9. The molecule has 7 aromatic carbocycles. The third kappa shape index (κ3) is 5.83. The van der Waals surface area contributed by atoms with E-state index < -0.39 is 0 Å². The highest BCUT2D eigenvalue weighted by Gasteiger charge is 2.48. The predicted molar refractivity (Wildman–Crippen MR) is 259 cm³/mol. The van der Waals surface area contributed by atoms with E-state index in [0.717, 1.165) is 0 Å². The van der Waals surface area contributed by atoms with Crippen molar-refractivity contribution in [3.05, 3.63) is 173 Å². The predicted octanol–water partition coefficient (Wildman–Crippen LogP) is 14.3. The summed E-state index contributed by atoms with van der Waals surface area (Å²) in [6.07, 6.45) is 0. The van der Waals surface area contributed by atoms with Crippen LogP contribution in [0.4, 0.5) is 28.4 Å². The average molecular weight is 781 g/mol. The minimum atomic E-state index is -0.152. The lowest BCUT2D eigenvalue weighted by Crippen LogP contribution is -2.62. The molecule has 0 radical (unpaired) electrons. The van der Waals surface area contributed by atoms with Gasteiger partial charge in [0, 0.05) is 39.3 Å². The number of benzene rings is 7. The van der Waals surface area contributed by atoms with Crippen molar-refractivity contribution in [1.82, 2.24) is 0 Å². The van der Waals surface area contributed by atoms with Crippen LogP contribution in [-0.2, 0) is 21.7 Å². The molecule has 0 atom stereocenters. The van der Waals surface area contributed by atoms with Crippen LogP contribution in [0.15, 0.2) is 146 Å². The first-order valence-corrected chi connectivity index (χ1v) is 21.9. The Bertz CT molecular complexity index is 2840. The Morgan fingerprint density at radius 1 is 0.417 bits per heavy atom. The van der Waals surface area contributed by atoms with Crippen LogP contribution in [-0.4, -0.2) is 6.85 Å². The highest BCUT2D eigenvalue weighted by atomic mass is 15.2. The molecule has 3 heteroatoms. The topological polar surface area (TPSA) is 6.48 Å². The van der Waals surface area contributed by atoms with Gasteiger partial charge in [0.1, 0.15) is 0 Å². The molecule has 0 N–H and O–H groups in total. The molecule has 298 valence electrons. The third-order valence-electron chi connectivity index (χ3n) is 13.7. The molecule has 0 saturated carbocycles. The van der Waals surface area contributed by atoms with E-state index in [1.54, 1.807) is 0 Å². The van der Waals surface area contributed by atoms with E-state index in [1.165, 1.54) is 101 Å². The zero-order valence-corrected chi connectivity index (χ0v) is 37.3. The number of para-hydroxylation sites is 1. The van der Waals surface area contributed by atoms with Crippen LogP contribution in [0.25, 0.3) is 33.4 Å². The van der Waals surface area contributed by atoms with Gasteiger partial charge in [0.15, 0.2) is 0 Å². The normalized spacial score (nSPS) is 14.9. The Balaban J connectivity index is 1.36. The summed E-state index contributed by atoms with van der Waals surface area (Å²) in [6, 6.07) is 56.1. The Hall–Kier alpha value is -5.80. The Labute approximate surface area is 359 Å². The molecular formula is C57H57BN2. The Kier molecular flexibility index (Phi) is 8.39. The van der Waals surface area contributed by atoms with E-state index in [0.29, 0.717) is 0 Å². The molecule has 0 unspecified atom stereocenters. The molecule has 3 aliphatic rings. The van der Waals surface area contributed by atoms with Crippen molar-refractivity contribution in [2.45, 2.75) is 97.8 Å². The zero-order chi connectivity index (χ0) is 42.1. The van der Waals surface area contributed by atoms with Gasteiger partial charge >= 0.3 is 6.85 Å². The lowest BCUT2D eigenvalue weighted by Gasteiger charge is -2.47. The fraction of sp³-hybridized carbons (Fsp3) is 0.263. The maximum atomic E-state index is 2.66. The van der Waals surface area contributed by atoms with Gasteiger partial charge in [-0.1, -0.05) is 179 Å². The van der Waals surface area contributed by atoms with Gasteiger partial charge in [-0.3, -0.25) is 0 Å². The second kappa shape index (κ2) is 13.1. The maximum absolute atomic E-state index is 2.66. The third-order valence-corrected chi connectivity index (χ3v) is 13.7. The summed E-state index contributed by atoms with van der Waals surface area (Å²) in [5.41, 5.74) is 23.2. The second-order valence-corrected chi connectivity index (χ2v) is 21.1. The largest absolute Gasteiger partial charge is 0.376 e. The van der Waals surface area contributed by atoms with Crippen molar-refractivity contribution in [2.75, 3.05) is 9.71 Å². The van der Waals surface area contributed by atoms with Gasteiger partial charge in [0.25, 0.3) is 0 Å². The molecule has 2 aliphatic heterocycles. The van der Waals surface area contributed by atoms with Crippen molar-refractivity contribution >= 4 is 46.2 Å². The van der Waals surface area contributed by atoms with Crippen LogP contribution in [0.5, 0.6) is 0 Å². The number of nitrogens with zero attached hydrogens (tertiary/aromatic N) is 2. The minimum Gasteiger partial charge on any atom is -0.376 e. The van der Waals surface area contributed by atoms with E-state index in [4.69, 9.17) is 0 Å². The van der Waals surface area contributed by atoms with E-state index in [9.17, 15) is 0 Å². The summed E-state index contributed by atoms with van der Waals surface area (Å²) in [5, 5.41) is 0. The number of hydrogen-bond donors (Lipinski definition) is 0. The Morgan fingerprint density at radius 2 is 1.02 bits per heavy atom. The minimum absolute atomic E-state index is 0.0128. The Morgan fingerprint density at radius 3 is 1.70 bits per heavy atom. The molecule has 0 aromatic heterocycles. The molecule has 2 heterocycles. The molecule has 1 aliphatic carbocycles. The van der Waals surface area contributed by atoms with Crippen molar-refractivity contribution in [3.63, 3.8) is 0 Å². The number of anilines is 5. The van der Waals surface area contributed by atoms with Crippen LogP contribution < -0.4 is 20.6 Å². The van der Waals surface area contributed by atoms with Gasteiger partial charge in [-0.15, -0.1) is 0 Å². The molecular weight excluding hydrogens is 723 g/mol. The van der Waals surface area contributed by atoms with E-state index in [2.05, 4.69) is 231 Å². The second-order valence-electron chi connectivity index (χ2n) is 21.1. The summed E-state index contributed by atoms with van der Waals surface area (Å²) in [4.78, 5) is 5.31. The van der Waals surface area contributed by atoms with Gasteiger partial charge < -0.3 is 9.71 Å². The SMILES string of the molecule is CC(C)(C)c1ccc(N2B3c4cc5c(cc4N(c4ccc(C(C)(C)C)cc4-c4ccccc4)c4cc(C(C)(C)C)cc(c43)-c3ccccc32)-c2ccccc2C5(C)C)cc1. The lowest BCUT2D eigenvalue weighted by atomic mass is 9.43. The van der Waals surface area contributed by atoms with E-state index >= 15 is 0 Å². The van der Waals surface area contributed by atoms with E-state index in [1.807, 2.05) is 0 Å². The summed E-state index contributed by atoms with van der Waals surface area (Å²) in [6.45, 7) is 25.7. The molecule has 7 aromatic rings. The quantitative estimate of drug-likeness (QED) is 0.165. The molecule has 0 spiro atoms. The average Bonchev–Trinajstić information content (AvgIpc) is 3.44. The van der Waals surface area contributed by atoms with Gasteiger partial charge in [-0.05, 0) is 120 Å². The number of fused-ring (bicyclic) bond motifs is 7. The van der Waals surface area contributed by atoms with Crippen molar-refractivity contribution < 1.29 is 0 Å². The number of hydrogen-bond acceptors (Lipinski definition) is 2. The molecule has 0 bridgehead atoms. The first kappa shape index (κ1) is 38.4. The smallest absolute Gasteiger partial charge is 0.333 e. The van der Waals surface area contributed by atoms with Crippen molar-refractivity contribution in [1.29, 1.82) is 0 Å². The summed E-state index contributed by atoms with van der Waals surface area (Å²) < 4.78 is 0. The summed E-state index contributed by atoms with van der Waals surface area (Å²) in [7, 11) is 0. The molecule has 10 rings (SSSR count). The van der Waals surface area contributed by atoms with Gasteiger partial charge in [-0.2, -0.15) is 0 Å². The summed E-state index contributed by atoms with van der Waals surface area (Å²) >= 11 is 0. The van der Waals surface area contributed by atoms with Crippen LogP contribution in [0.1, 0.15) is 104 Å². The van der Waals surface area contributed by atoms with Crippen molar-refractivity contribution in [2.24, 2.45) is 0 Å². The first-order chi connectivity index (χ1) is 28.4. The van der Waals surface area contributed by atoms with Crippen LogP contribution in [0, 0.1) is 0 Å². The molecule has 2 nitrogen and oxygen atoms in total. The van der Waals surface area contributed by atoms with E-state index in [-0.39, 0.29) is 28.5 Å². The number of rotatable bonds is 3. The highest BCUT2D eigenvalue weighted by Crippen LogP contribution is 2.54. The van der Waals surface area contributed by atoms with Crippen molar-refractivity contribution in [3.8, 4) is 33.4 Å². The lowest BCUT2D eigenvalue weighted by molar-refractivity contribution is 0.590. The zero-order valence-electron chi connectivity index (χ0n) is 37.3.